The van der Waals surface area contributed by atoms with E-state index >= 15 is 0 Å². The summed E-state index contributed by atoms with van der Waals surface area (Å²) in [6.07, 6.45) is 0. The molecule has 0 saturated heterocycles. The van der Waals surface area contributed by atoms with Crippen molar-refractivity contribution in [3.8, 4) is 0 Å². The van der Waals surface area contributed by atoms with Gasteiger partial charge in [0.05, 0.1) is 0 Å². The predicted octanol–water partition coefficient (Wildman–Crippen LogP) is 2.04. The lowest BCUT2D eigenvalue weighted by molar-refractivity contribution is 0.0963. The van der Waals surface area contributed by atoms with Crippen LogP contribution in [0, 0.1) is 0 Å². The van der Waals surface area contributed by atoms with E-state index in [1.54, 1.807) is 7.05 Å². The van der Waals surface area contributed by atoms with Crippen molar-refractivity contribution in [2.24, 2.45) is 0 Å². The van der Waals surface area contributed by atoms with Gasteiger partial charge in [0.2, 0.25) is 0 Å². The van der Waals surface area contributed by atoms with Gasteiger partial charge in [-0.1, -0.05) is 34.6 Å². The maximum atomic E-state index is 11.3. The molecule has 1 aromatic carbocycles. The van der Waals surface area contributed by atoms with Gasteiger partial charge in [-0.3, -0.25) is 4.79 Å². The molecule has 0 aromatic heterocycles. The molecule has 0 saturated carbocycles. The van der Waals surface area contributed by atoms with E-state index in [1.165, 1.54) is 0 Å². The standard InChI is InChI=1S/C12H15BrN2O/c1-9(13)7-15-8-10-3-5-11(6-4-10)12(16)14-2/h3-6,15H,1,7-8H2,2H3,(H,14,16). The van der Waals surface area contributed by atoms with Crippen LogP contribution in [0.25, 0.3) is 0 Å². The van der Waals surface area contributed by atoms with Crippen LogP contribution in [0.4, 0.5) is 0 Å². The summed E-state index contributed by atoms with van der Waals surface area (Å²) < 4.78 is 0.925. The van der Waals surface area contributed by atoms with Crippen molar-refractivity contribution >= 4 is 21.8 Å². The average Bonchev–Trinajstić information content (AvgIpc) is 2.28. The van der Waals surface area contributed by atoms with E-state index in [-0.39, 0.29) is 5.91 Å². The highest BCUT2D eigenvalue weighted by molar-refractivity contribution is 9.11. The Morgan fingerprint density at radius 2 is 2.00 bits per heavy atom. The van der Waals surface area contributed by atoms with Crippen LogP contribution in [0.1, 0.15) is 15.9 Å². The third-order valence-electron chi connectivity index (χ3n) is 2.09. The second kappa shape index (κ2) is 6.45. The van der Waals surface area contributed by atoms with Crippen molar-refractivity contribution in [3.05, 3.63) is 46.5 Å². The summed E-state index contributed by atoms with van der Waals surface area (Å²) in [5.74, 6) is -0.0617. The van der Waals surface area contributed by atoms with Gasteiger partial charge < -0.3 is 10.6 Å². The third kappa shape index (κ3) is 4.16. The fraction of sp³-hybridized carbons (Fsp3) is 0.250. The molecular weight excluding hydrogens is 268 g/mol. The van der Waals surface area contributed by atoms with Gasteiger partial charge >= 0.3 is 0 Å². The minimum absolute atomic E-state index is 0.0617. The maximum absolute atomic E-state index is 11.3. The van der Waals surface area contributed by atoms with Gasteiger partial charge in [-0.2, -0.15) is 0 Å². The second-order valence-corrected chi connectivity index (χ2v) is 4.52. The van der Waals surface area contributed by atoms with Gasteiger partial charge in [-0.05, 0) is 17.7 Å². The molecule has 0 fully saturated rings. The zero-order valence-electron chi connectivity index (χ0n) is 9.22. The number of nitrogens with one attached hydrogen (secondary N) is 2. The number of hydrogen-bond acceptors (Lipinski definition) is 2. The van der Waals surface area contributed by atoms with Crippen LogP contribution in [0.5, 0.6) is 0 Å². The van der Waals surface area contributed by atoms with E-state index in [0.717, 1.165) is 23.1 Å². The van der Waals surface area contributed by atoms with Gasteiger partial charge in [0.15, 0.2) is 0 Å². The Morgan fingerprint density at radius 1 is 1.38 bits per heavy atom. The van der Waals surface area contributed by atoms with Crippen LogP contribution in [0.3, 0.4) is 0 Å². The molecule has 0 aliphatic rings. The normalized spacial score (nSPS) is 9.88. The van der Waals surface area contributed by atoms with E-state index in [1.807, 2.05) is 24.3 Å². The summed E-state index contributed by atoms with van der Waals surface area (Å²) in [6.45, 7) is 5.23. The monoisotopic (exact) mass is 282 g/mol. The summed E-state index contributed by atoms with van der Waals surface area (Å²) in [6, 6.07) is 7.51. The fourth-order valence-corrected chi connectivity index (χ4v) is 1.46. The van der Waals surface area contributed by atoms with E-state index in [0.29, 0.717) is 5.56 Å². The quantitative estimate of drug-likeness (QED) is 0.868. The number of amides is 1. The zero-order chi connectivity index (χ0) is 12.0. The first-order valence-electron chi connectivity index (χ1n) is 4.98. The molecule has 4 heteroatoms. The minimum Gasteiger partial charge on any atom is -0.355 e. The van der Waals surface area contributed by atoms with Crippen LogP contribution in [-0.4, -0.2) is 19.5 Å². The lowest BCUT2D eigenvalue weighted by atomic mass is 10.1. The first-order chi connectivity index (χ1) is 7.63. The van der Waals surface area contributed by atoms with Crippen LogP contribution >= 0.6 is 15.9 Å². The lowest BCUT2D eigenvalue weighted by Crippen LogP contribution is -2.18. The molecule has 0 spiro atoms. The minimum atomic E-state index is -0.0617. The van der Waals surface area contributed by atoms with Gasteiger partial charge in [0.25, 0.3) is 5.91 Å². The van der Waals surface area contributed by atoms with Gasteiger partial charge in [-0.25, -0.2) is 0 Å². The van der Waals surface area contributed by atoms with Crippen LogP contribution in [-0.2, 0) is 6.54 Å². The molecule has 0 aliphatic heterocycles. The van der Waals surface area contributed by atoms with Crippen molar-refractivity contribution in [1.82, 2.24) is 10.6 Å². The molecule has 0 atom stereocenters. The highest BCUT2D eigenvalue weighted by atomic mass is 79.9. The molecule has 1 amide bonds. The SMILES string of the molecule is C=C(Br)CNCc1ccc(C(=O)NC)cc1. The maximum Gasteiger partial charge on any atom is 0.251 e. The Bertz CT molecular complexity index is 373. The molecule has 0 bridgehead atoms. The summed E-state index contributed by atoms with van der Waals surface area (Å²) in [5.41, 5.74) is 1.82. The van der Waals surface area contributed by atoms with Crippen molar-refractivity contribution < 1.29 is 4.79 Å². The Labute approximate surface area is 104 Å². The number of halogens is 1. The third-order valence-corrected chi connectivity index (χ3v) is 2.37. The molecule has 3 nitrogen and oxygen atoms in total. The Balaban J connectivity index is 2.51. The Morgan fingerprint density at radius 3 is 2.50 bits per heavy atom. The van der Waals surface area contributed by atoms with E-state index in [4.69, 9.17) is 0 Å². The molecule has 0 unspecified atom stereocenters. The number of carbonyl (C=O) groups is 1. The Kier molecular flexibility index (Phi) is 5.22. The van der Waals surface area contributed by atoms with Crippen LogP contribution in [0.15, 0.2) is 35.3 Å². The van der Waals surface area contributed by atoms with Gasteiger partial charge in [0, 0.05) is 30.2 Å². The van der Waals surface area contributed by atoms with E-state index in [9.17, 15) is 4.79 Å². The molecule has 2 N–H and O–H groups in total. The zero-order valence-corrected chi connectivity index (χ0v) is 10.8. The molecule has 0 aliphatic carbocycles. The summed E-state index contributed by atoms with van der Waals surface area (Å²) in [5, 5.41) is 5.80. The number of hydrogen-bond donors (Lipinski definition) is 2. The molecule has 0 heterocycles. The number of rotatable bonds is 5. The highest BCUT2D eigenvalue weighted by Crippen LogP contribution is 2.05. The van der Waals surface area contributed by atoms with Crippen molar-refractivity contribution in [2.75, 3.05) is 13.6 Å². The van der Waals surface area contributed by atoms with E-state index in [2.05, 4.69) is 33.1 Å². The molecule has 1 rings (SSSR count). The number of carbonyl (C=O) groups excluding carboxylic acids is 1. The molecular formula is C12H15BrN2O. The molecule has 16 heavy (non-hydrogen) atoms. The topological polar surface area (TPSA) is 41.1 Å². The predicted molar refractivity (Wildman–Crippen MR) is 69.6 cm³/mol. The summed E-state index contributed by atoms with van der Waals surface area (Å²) in [4.78, 5) is 11.3. The van der Waals surface area contributed by atoms with Crippen molar-refractivity contribution in [1.29, 1.82) is 0 Å². The molecule has 1 aromatic rings. The van der Waals surface area contributed by atoms with Gasteiger partial charge in [-0.15, -0.1) is 0 Å². The van der Waals surface area contributed by atoms with Crippen LogP contribution in [0.2, 0.25) is 0 Å². The second-order valence-electron chi connectivity index (χ2n) is 3.40. The Hall–Kier alpha value is -1.13. The summed E-state index contributed by atoms with van der Waals surface area (Å²) >= 11 is 3.28. The van der Waals surface area contributed by atoms with Crippen molar-refractivity contribution in [3.63, 3.8) is 0 Å². The van der Waals surface area contributed by atoms with E-state index < -0.39 is 0 Å². The first-order valence-corrected chi connectivity index (χ1v) is 5.78. The van der Waals surface area contributed by atoms with Crippen LogP contribution < -0.4 is 10.6 Å². The average molecular weight is 283 g/mol. The molecule has 86 valence electrons. The fourth-order valence-electron chi connectivity index (χ4n) is 1.26. The summed E-state index contributed by atoms with van der Waals surface area (Å²) in [7, 11) is 1.62. The first kappa shape index (κ1) is 12.9. The van der Waals surface area contributed by atoms with Crippen molar-refractivity contribution in [2.45, 2.75) is 6.54 Å². The highest BCUT2D eigenvalue weighted by Gasteiger charge is 2.01. The smallest absolute Gasteiger partial charge is 0.251 e. The largest absolute Gasteiger partial charge is 0.355 e. The number of benzene rings is 1. The molecule has 0 radical (unpaired) electrons. The van der Waals surface area contributed by atoms with Gasteiger partial charge in [0.1, 0.15) is 0 Å². The lowest BCUT2D eigenvalue weighted by Gasteiger charge is -2.05.